The van der Waals surface area contributed by atoms with Crippen LogP contribution in [0.5, 0.6) is 5.75 Å². The van der Waals surface area contributed by atoms with Crippen LogP contribution in [0.1, 0.15) is 17.2 Å². The normalized spacial score (nSPS) is 17.4. The fraction of sp³-hybridized carbons (Fsp3) is 0.235. The van der Waals surface area contributed by atoms with Crippen molar-refractivity contribution in [2.45, 2.75) is 6.04 Å². The van der Waals surface area contributed by atoms with Gasteiger partial charge < -0.3 is 9.64 Å². The molecule has 0 N–H and O–H groups in total. The van der Waals surface area contributed by atoms with Gasteiger partial charge in [0.2, 0.25) is 5.91 Å². The molecule has 0 fully saturated rings. The number of carbonyl (C=O) groups is 1. The van der Waals surface area contributed by atoms with E-state index in [0.29, 0.717) is 13.2 Å². The first-order chi connectivity index (χ1) is 10.7. The smallest absolute Gasteiger partial charge is 0.238 e. The number of amides is 1. The minimum absolute atomic E-state index is 0.0350. The molecule has 1 aliphatic heterocycles. The van der Waals surface area contributed by atoms with Crippen molar-refractivity contribution in [3.05, 3.63) is 64.1 Å². The van der Waals surface area contributed by atoms with Crippen LogP contribution in [-0.2, 0) is 4.79 Å². The van der Waals surface area contributed by atoms with Crippen LogP contribution < -0.4 is 4.74 Å². The van der Waals surface area contributed by atoms with Crippen molar-refractivity contribution in [2.75, 3.05) is 19.0 Å². The number of benzene rings is 2. The van der Waals surface area contributed by atoms with Gasteiger partial charge in [0.15, 0.2) is 0 Å². The van der Waals surface area contributed by atoms with Gasteiger partial charge in [-0.1, -0.05) is 46.3 Å². The van der Waals surface area contributed by atoms with Gasteiger partial charge in [0.1, 0.15) is 18.2 Å². The highest BCUT2D eigenvalue weighted by Gasteiger charge is 2.31. The highest BCUT2D eigenvalue weighted by molar-refractivity contribution is 9.10. The summed E-state index contributed by atoms with van der Waals surface area (Å²) in [7, 11) is 0. The summed E-state index contributed by atoms with van der Waals surface area (Å²) in [6.45, 7) is 0.970. The fourth-order valence-electron chi connectivity index (χ4n) is 2.76. The maximum Gasteiger partial charge on any atom is 0.238 e. The van der Waals surface area contributed by atoms with E-state index in [2.05, 4.69) is 15.9 Å². The summed E-state index contributed by atoms with van der Waals surface area (Å²) < 4.78 is 6.78. The zero-order valence-electron chi connectivity index (χ0n) is 11.8. The van der Waals surface area contributed by atoms with Crippen LogP contribution in [0.4, 0.5) is 0 Å². The molecule has 22 heavy (non-hydrogen) atoms. The Morgan fingerprint density at radius 1 is 1.27 bits per heavy atom. The first-order valence-electron chi connectivity index (χ1n) is 7.03. The van der Waals surface area contributed by atoms with Crippen LogP contribution >= 0.6 is 27.5 Å². The number of nitrogens with zero attached hydrogens (tertiary/aromatic N) is 1. The van der Waals surface area contributed by atoms with Gasteiger partial charge in [-0.2, -0.15) is 0 Å². The molecule has 1 aliphatic rings. The molecule has 0 spiro atoms. The average Bonchev–Trinajstić information content (AvgIpc) is 2.74. The van der Waals surface area contributed by atoms with Crippen molar-refractivity contribution < 1.29 is 9.53 Å². The van der Waals surface area contributed by atoms with E-state index < -0.39 is 0 Å². The Labute approximate surface area is 143 Å². The van der Waals surface area contributed by atoms with Crippen molar-refractivity contribution in [2.24, 2.45) is 0 Å². The van der Waals surface area contributed by atoms with Crippen molar-refractivity contribution in [1.82, 2.24) is 4.90 Å². The molecule has 1 heterocycles. The largest absolute Gasteiger partial charge is 0.491 e. The lowest BCUT2D eigenvalue weighted by molar-refractivity contribution is -0.130. The van der Waals surface area contributed by atoms with Crippen molar-refractivity contribution in [1.29, 1.82) is 0 Å². The second-order valence-electron chi connectivity index (χ2n) is 5.06. The van der Waals surface area contributed by atoms with Gasteiger partial charge in [-0.15, -0.1) is 11.6 Å². The summed E-state index contributed by atoms with van der Waals surface area (Å²) in [5, 5.41) is 0. The number of hydrogen-bond donors (Lipinski definition) is 0. The topological polar surface area (TPSA) is 29.5 Å². The van der Waals surface area contributed by atoms with Crippen LogP contribution in [0.25, 0.3) is 0 Å². The maximum absolute atomic E-state index is 12.3. The van der Waals surface area contributed by atoms with E-state index in [9.17, 15) is 4.79 Å². The number of ether oxygens (including phenoxy) is 1. The second-order valence-corrected chi connectivity index (χ2v) is 6.25. The Kier molecular flexibility index (Phi) is 4.69. The SMILES string of the molecule is O=C(CCl)N1CCOc2ccc(Br)cc2C1c1ccccc1. The molecule has 0 bridgehead atoms. The fourth-order valence-corrected chi connectivity index (χ4v) is 3.29. The molecule has 2 aromatic rings. The van der Waals surface area contributed by atoms with Crippen LogP contribution in [-0.4, -0.2) is 29.8 Å². The molecule has 0 aliphatic carbocycles. The molecular weight excluding hydrogens is 366 g/mol. The number of halogens is 2. The molecule has 1 atom stereocenters. The first kappa shape index (κ1) is 15.4. The quantitative estimate of drug-likeness (QED) is 0.737. The van der Waals surface area contributed by atoms with Gasteiger partial charge in [-0.25, -0.2) is 0 Å². The lowest BCUT2D eigenvalue weighted by atomic mass is 9.96. The van der Waals surface area contributed by atoms with Crippen LogP contribution in [0.3, 0.4) is 0 Å². The monoisotopic (exact) mass is 379 g/mol. The molecule has 2 aromatic carbocycles. The lowest BCUT2D eigenvalue weighted by Crippen LogP contribution is -2.37. The number of rotatable bonds is 2. The standard InChI is InChI=1S/C17H15BrClNO2/c18-13-6-7-15-14(10-13)17(12-4-2-1-3-5-12)20(8-9-22-15)16(21)11-19/h1-7,10,17H,8-9,11H2. The third-order valence-corrected chi connectivity index (χ3v) is 4.44. The Bertz CT molecular complexity index is 678. The van der Waals surface area contributed by atoms with Gasteiger partial charge in [0.05, 0.1) is 12.6 Å². The van der Waals surface area contributed by atoms with E-state index in [4.69, 9.17) is 16.3 Å². The summed E-state index contributed by atoms with van der Waals surface area (Å²) in [5.41, 5.74) is 2.02. The molecule has 0 aromatic heterocycles. The maximum atomic E-state index is 12.3. The third-order valence-electron chi connectivity index (χ3n) is 3.72. The minimum Gasteiger partial charge on any atom is -0.491 e. The zero-order chi connectivity index (χ0) is 15.5. The van der Waals surface area contributed by atoms with Crippen molar-refractivity contribution >= 4 is 33.4 Å². The van der Waals surface area contributed by atoms with Crippen LogP contribution in [0.2, 0.25) is 0 Å². The third kappa shape index (κ3) is 2.99. The van der Waals surface area contributed by atoms with E-state index in [0.717, 1.165) is 21.3 Å². The van der Waals surface area contributed by atoms with Crippen LogP contribution in [0.15, 0.2) is 53.0 Å². The number of carbonyl (C=O) groups excluding carboxylic acids is 1. The molecule has 5 heteroatoms. The summed E-state index contributed by atoms with van der Waals surface area (Å²) in [5.74, 6) is 0.681. The molecule has 0 saturated carbocycles. The summed E-state index contributed by atoms with van der Waals surface area (Å²) in [6.07, 6.45) is 0. The van der Waals surface area contributed by atoms with Gasteiger partial charge in [0.25, 0.3) is 0 Å². The van der Waals surface area contributed by atoms with Crippen molar-refractivity contribution in [3.63, 3.8) is 0 Å². The highest BCUT2D eigenvalue weighted by Crippen LogP contribution is 2.38. The second kappa shape index (κ2) is 6.71. The first-order valence-corrected chi connectivity index (χ1v) is 8.36. The molecule has 1 amide bonds. The summed E-state index contributed by atoms with van der Waals surface area (Å²) >= 11 is 9.31. The molecule has 0 saturated heterocycles. The molecule has 3 rings (SSSR count). The Morgan fingerprint density at radius 2 is 2.05 bits per heavy atom. The predicted molar refractivity (Wildman–Crippen MR) is 90.4 cm³/mol. The average molecular weight is 381 g/mol. The van der Waals surface area contributed by atoms with Gasteiger partial charge in [0, 0.05) is 10.0 Å². The summed E-state index contributed by atoms with van der Waals surface area (Å²) in [6, 6.07) is 15.7. The van der Waals surface area contributed by atoms with Gasteiger partial charge >= 0.3 is 0 Å². The summed E-state index contributed by atoms with van der Waals surface area (Å²) in [4.78, 5) is 14.1. The molecule has 1 unspecified atom stereocenters. The van der Waals surface area contributed by atoms with E-state index in [1.807, 2.05) is 48.5 Å². The Balaban J connectivity index is 2.16. The molecule has 0 radical (unpaired) electrons. The molecule has 3 nitrogen and oxygen atoms in total. The zero-order valence-corrected chi connectivity index (χ0v) is 14.2. The van der Waals surface area contributed by atoms with Gasteiger partial charge in [-0.3, -0.25) is 4.79 Å². The Hall–Kier alpha value is -1.52. The molecule has 114 valence electrons. The van der Waals surface area contributed by atoms with E-state index in [1.54, 1.807) is 4.90 Å². The number of fused-ring (bicyclic) bond motifs is 1. The van der Waals surface area contributed by atoms with Crippen molar-refractivity contribution in [3.8, 4) is 5.75 Å². The minimum atomic E-state index is -0.192. The predicted octanol–water partition coefficient (Wildman–Crippen LogP) is 4.00. The van der Waals surface area contributed by atoms with E-state index in [1.165, 1.54) is 0 Å². The van der Waals surface area contributed by atoms with Gasteiger partial charge in [-0.05, 0) is 23.8 Å². The van der Waals surface area contributed by atoms with Crippen LogP contribution in [0, 0.1) is 0 Å². The number of alkyl halides is 1. The van der Waals surface area contributed by atoms with E-state index in [-0.39, 0.29) is 17.8 Å². The highest BCUT2D eigenvalue weighted by atomic mass is 79.9. The Morgan fingerprint density at radius 3 is 2.77 bits per heavy atom. The molecular formula is C17H15BrClNO2. The number of hydrogen-bond acceptors (Lipinski definition) is 2. The lowest BCUT2D eigenvalue weighted by Gasteiger charge is -2.30. The van der Waals surface area contributed by atoms with E-state index >= 15 is 0 Å².